The number of nitrogen functional groups attached to an aromatic ring is 1. The van der Waals surface area contributed by atoms with Crippen molar-refractivity contribution in [2.24, 2.45) is 5.92 Å². The van der Waals surface area contributed by atoms with Crippen molar-refractivity contribution in [1.29, 1.82) is 0 Å². The highest BCUT2D eigenvalue weighted by molar-refractivity contribution is 6.13. The first-order valence-electron chi connectivity index (χ1n) is 22.3. The zero-order valence-corrected chi connectivity index (χ0v) is 36.5. The Labute approximate surface area is 368 Å². The topological polar surface area (TPSA) is 185 Å². The fraction of sp³-hybridized carbons (Fsp3) is 0.479. The monoisotopic (exact) mass is 855 g/mol. The standard InChI is InChI=1S/C48H57N9O6/c1-30(2)43-38(42(44-45(49)50-29-51-57(43)44)47(61)52-36-11-7-32(8-12-36)28-63-3)13-9-31-17-24-55(25-18-31)41(59)6-4-5-21-54-22-19-33(20-23-54)34-10-14-37-35(26-34)27-56(48(37)62)39-15-16-40(58)53-46(39)60/h7-8,10-12,14,26,29-31,33,39H,4-6,15-25,27-28H2,1-3H3,(H,52,61)(H2,49,50,51)(H,53,58,60). The Kier molecular flexibility index (Phi) is 13.2. The normalized spacial score (nSPS) is 18.7. The number of ether oxygens (including phenoxy) is 1. The van der Waals surface area contributed by atoms with E-state index in [1.54, 1.807) is 16.5 Å². The molecule has 1 atom stereocenters. The molecule has 0 saturated carbocycles. The summed E-state index contributed by atoms with van der Waals surface area (Å²) in [5.74, 6) is 6.54. The zero-order valence-electron chi connectivity index (χ0n) is 36.5. The Hall–Kier alpha value is -6.11. The van der Waals surface area contributed by atoms with Gasteiger partial charge in [-0.05, 0) is 111 Å². The van der Waals surface area contributed by atoms with E-state index in [1.807, 2.05) is 49.1 Å². The predicted molar refractivity (Wildman–Crippen MR) is 238 cm³/mol. The number of carbonyl (C=O) groups is 5. The van der Waals surface area contributed by atoms with E-state index in [0.29, 0.717) is 72.9 Å². The van der Waals surface area contributed by atoms with Gasteiger partial charge in [0.05, 0.1) is 23.4 Å². The third kappa shape index (κ3) is 9.47. The van der Waals surface area contributed by atoms with Gasteiger partial charge in [-0.15, -0.1) is 0 Å². The van der Waals surface area contributed by atoms with Gasteiger partial charge in [0, 0.05) is 56.8 Å². The first-order valence-corrected chi connectivity index (χ1v) is 22.3. The highest BCUT2D eigenvalue weighted by Gasteiger charge is 2.39. The number of piperidine rings is 3. The molecule has 1 unspecified atom stereocenters. The van der Waals surface area contributed by atoms with Crippen LogP contribution in [0.3, 0.4) is 0 Å². The number of aromatic nitrogens is 3. The van der Waals surface area contributed by atoms with Crippen LogP contribution in [0.4, 0.5) is 11.5 Å². The number of methoxy groups -OCH3 is 1. The molecule has 2 aromatic heterocycles. The Morgan fingerprint density at radius 1 is 0.984 bits per heavy atom. The Morgan fingerprint density at radius 3 is 2.46 bits per heavy atom. The van der Waals surface area contributed by atoms with E-state index in [4.69, 9.17) is 10.5 Å². The van der Waals surface area contributed by atoms with E-state index in [2.05, 4.69) is 49.6 Å². The molecule has 4 aliphatic rings. The van der Waals surface area contributed by atoms with Crippen molar-refractivity contribution in [2.75, 3.05) is 50.9 Å². The van der Waals surface area contributed by atoms with Gasteiger partial charge in [-0.3, -0.25) is 29.3 Å². The number of fused-ring (bicyclic) bond motifs is 2. The number of imide groups is 1. The first kappa shape index (κ1) is 43.5. The predicted octanol–water partition coefficient (Wildman–Crippen LogP) is 5.23. The second kappa shape index (κ2) is 19.1. The second-order valence-electron chi connectivity index (χ2n) is 17.6. The average Bonchev–Trinajstić information content (AvgIpc) is 3.80. The van der Waals surface area contributed by atoms with Gasteiger partial charge >= 0.3 is 0 Å². The van der Waals surface area contributed by atoms with E-state index < -0.39 is 6.04 Å². The van der Waals surface area contributed by atoms with Crippen molar-refractivity contribution < 1.29 is 28.7 Å². The van der Waals surface area contributed by atoms with E-state index in [9.17, 15) is 24.0 Å². The Morgan fingerprint density at radius 2 is 1.75 bits per heavy atom. The fourth-order valence-corrected chi connectivity index (χ4v) is 9.62. The second-order valence-corrected chi connectivity index (χ2v) is 17.6. The van der Waals surface area contributed by atoms with Crippen LogP contribution in [0.2, 0.25) is 0 Å². The lowest BCUT2D eigenvalue weighted by atomic mass is 9.88. The van der Waals surface area contributed by atoms with Gasteiger partial charge in [0.15, 0.2) is 5.82 Å². The number of nitrogens with one attached hydrogen (secondary N) is 2. The molecule has 0 aliphatic carbocycles. The highest BCUT2D eigenvalue weighted by atomic mass is 16.5. The van der Waals surface area contributed by atoms with Crippen LogP contribution < -0.4 is 16.4 Å². The molecule has 330 valence electrons. The van der Waals surface area contributed by atoms with Crippen molar-refractivity contribution in [2.45, 2.75) is 103 Å². The van der Waals surface area contributed by atoms with Gasteiger partial charge in [0.2, 0.25) is 17.7 Å². The molecule has 0 bridgehead atoms. The van der Waals surface area contributed by atoms with E-state index in [0.717, 1.165) is 75.0 Å². The molecule has 4 aliphatic heterocycles. The maximum atomic E-state index is 14.0. The van der Waals surface area contributed by atoms with Gasteiger partial charge in [0.25, 0.3) is 11.8 Å². The van der Waals surface area contributed by atoms with E-state index >= 15 is 0 Å². The summed E-state index contributed by atoms with van der Waals surface area (Å²) in [5.41, 5.74) is 13.0. The van der Waals surface area contributed by atoms with Crippen molar-refractivity contribution in [3.63, 3.8) is 0 Å². The lowest BCUT2D eigenvalue weighted by Gasteiger charge is -2.32. The fourth-order valence-electron chi connectivity index (χ4n) is 9.62. The molecular formula is C48H57N9O6. The largest absolute Gasteiger partial charge is 0.382 e. The molecular weight excluding hydrogens is 799 g/mol. The number of unbranched alkanes of at least 4 members (excludes halogenated alkanes) is 1. The molecule has 0 spiro atoms. The van der Waals surface area contributed by atoms with Gasteiger partial charge in [-0.2, -0.15) is 5.10 Å². The maximum absolute atomic E-state index is 14.0. The molecule has 15 heteroatoms. The summed E-state index contributed by atoms with van der Waals surface area (Å²) in [6.45, 7) is 9.18. The average molecular weight is 856 g/mol. The number of hydrogen-bond donors (Lipinski definition) is 3. The van der Waals surface area contributed by atoms with Crippen LogP contribution in [0.1, 0.15) is 132 Å². The summed E-state index contributed by atoms with van der Waals surface area (Å²) in [5, 5.41) is 9.87. The van der Waals surface area contributed by atoms with Crippen molar-refractivity contribution in [3.05, 3.63) is 87.9 Å². The van der Waals surface area contributed by atoms with Gasteiger partial charge < -0.3 is 30.5 Å². The maximum Gasteiger partial charge on any atom is 0.259 e. The summed E-state index contributed by atoms with van der Waals surface area (Å²) in [7, 11) is 1.64. The summed E-state index contributed by atoms with van der Waals surface area (Å²) in [6, 6.07) is 13.0. The highest BCUT2D eigenvalue weighted by Crippen LogP contribution is 2.35. The molecule has 4 N–H and O–H groups in total. The molecule has 2 aromatic carbocycles. The first-order chi connectivity index (χ1) is 30.5. The molecule has 6 heterocycles. The van der Waals surface area contributed by atoms with E-state index in [1.165, 1.54) is 11.9 Å². The number of nitrogens with two attached hydrogens (primary N) is 1. The van der Waals surface area contributed by atoms with Gasteiger partial charge in [0.1, 0.15) is 17.9 Å². The molecule has 15 nitrogen and oxygen atoms in total. The Balaban J connectivity index is 0.802. The minimum absolute atomic E-state index is 0.00950. The number of anilines is 2. The van der Waals surface area contributed by atoms with Crippen LogP contribution in [0, 0.1) is 17.8 Å². The number of amides is 5. The number of carbonyl (C=O) groups excluding carboxylic acids is 5. The number of rotatable bonds is 12. The van der Waals surface area contributed by atoms with E-state index in [-0.39, 0.29) is 53.6 Å². The minimum atomic E-state index is -0.606. The molecule has 3 fully saturated rings. The summed E-state index contributed by atoms with van der Waals surface area (Å²) in [4.78, 5) is 74.8. The molecule has 3 saturated heterocycles. The third-order valence-electron chi connectivity index (χ3n) is 13.1. The lowest BCUT2D eigenvalue weighted by Crippen LogP contribution is -2.52. The SMILES string of the molecule is COCc1ccc(NC(=O)c2c(C#CC3CCN(C(=O)CCCCN4CCC(c5ccc6c(c5)CN(C5CCC(=O)NC5=O)C6=O)CC4)CC3)c(C(C)C)n3ncnc(N)c23)cc1. The summed E-state index contributed by atoms with van der Waals surface area (Å²) < 4.78 is 6.91. The molecule has 63 heavy (non-hydrogen) atoms. The van der Waals surface area contributed by atoms with Crippen LogP contribution in [0.15, 0.2) is 48.8 Å². The molecule has 5 amide bonds. The number of likely N-dealkylation sites (tertiary alicyclic amines) is 2. The number of nitrogens with zero attached hydrogens (tertiary/aromatic N) is 6. The van der Waals surface area contributed by atoms with Gasteiger partial charge in [-0.25, -0.2) is 9.50 Å². The molecule has 8 rings (SSSR count). The lowest BCUT2D eigenvalue weighted by molar-refractivity contribution is -0.137. The van der Waals surface area contributed by atoms with Crippen LogP contribution in [-0.2, 0) is 32.3 Å². The zero-order chi connectivity index (χ0) is 44.2. The van der Waals surface area contributed by atoms with Crippen LogP contribution in [0.25, 0.3) is 5.52 Å². The Bertz CT molecular complexity index is 2450. The van der Waals surface area contributed by atoms with Crippen LogP contribution >= 0.6 is 0 Å². The summed E-state index contributed by atoms with van der Waals surface area (Å²) in [6.07, 6.45) is 7.90. The van der Waals surface area contributed by atoms with Crippen LogP contribution in [0.5, 0.6) is 0 Å². The van der Waals surface area contributed by atoms with Crippen molar-refractivity contribution >= 4 is 46.6 Å². The van der Waals surface area contributed by atoms with Crippen molar-refractivity contribution in [1.82, 2.24) is 34.6 Å². The number of benzene rings is 2. The van der Waals surface area contributed by atoms with Crippen LogP contribution in [-0.4, -0.2) is 105 Å². The molecule has 0 radical (unpaired) electrons. The quantitative estimate of drug-likeness (QED) is 0.0969. The van der Waals surface area contributed by atoms with Gasteiger partial charge in [-0.1, -0.05) is 50.0 Å². The molecule has 4 aromatic rings. The smallest absolute Gasteiger partial charge is 0.259 e. The third-order valence-corrected chi connectivity index (χ3v) is 13.1. The summed E-state index contributed by atoms with van der Waals surface area (Å²) >= 11 is 0. The minimum Gasteiger partial charge on any atom is -0.382 e. The number of hydrogen-bond acceptors (Lipinski definition) is 10. The van der Waals surface area contributed by atoms with Crippen molar-refractivity contribution in [3.8, 4) is 11.8 Å².